The summed E-state index contributed by atoms with van der Waals surface area (Å²) in [5, 5.41) is 8.72. The van der Waals surface area contributed by atoms with Crippen molar-refractivity contribution in [1.82, 2.24) is 0 Å². The molecule has 0 spiro atoms. The first-order valence-corrected chi connectivity index (χ1v) is 4.53. The van der Waals surface area contributed by atoms with Gasteiger partial charge in [-0.1, -0.05) is 6.92 Å². The molecule has 0 N–H and O–H groups in total. The molecule has 1 aromatic rings. The van der Waals surface area contributed by atoms with Crippen molar-refractivity contribution in [3.63, 3.8) is 0 Å². The monoisotopic (exact) mass is 190 g/mol. The molecule has 0 aliphatic carbocycles. The second kappa shape index (κ2) is 4.52. The molecular formula is C11H14N2O. The SMILES string of the molecule is CCc1cc(N(C)C#N)ccc1OC. The van der Waals surface area contributed by atoms with Crippen LogP contribution in [0.25, 0.3) is 0 Å². The van der Waals surface area contributed by atoms with Gasteiger partial charge in [0.1, 0.15) is 5.75 Å². The third kappa shape index (κ3) is 1.97. The Hall–Kier alpha value is -1.69. The highest BCUT2D eigenvalue weighted by Gasteiger charge is 2.04. The van der Waals surface area contributed by atoms with Gasteiger partial charge in [-0.05, 0) is 30.2 Å². The first kappa shape index (κ1) is 10.4. The van der Waals surface area contributed by atoms with Crippen LogP contribution in [-0.2, 0) is 6.42 Å². The van der Waals surface area contributed by atoms with Crippen LogP contribution < -0.4 is 9.64 Å². The number of aryl methyl sites for hydroxylation is 1. The van der Waals surface area contributed by atoms with E-state index in [1.54, 1.807) is 14.2 Å². The van der Waals surface area contributed by atoms with Crippen molar-refractivity contribution in [2.45, 2.75) is 13.3 Å². The van der Waals surface area contributed by atoms with Gasteiger partial charge in [-0.2, -0.15) is 5.26 Å². The van der Waals surface area contributed by atoms with Crippen molar-refractivity contribution >= 4 is 5.69 Å². The molecule has 0 radical (unpaired) electrons. The number of benzene rings is 1. The second-order valence-corrected chi connectivity index (χ2v) is 3.01. The largest absolute Gasteiger partial charge is 0.496 e. The fraction of sp³-hybridized carbons (Fsp3) is 0.364. The van der Waals surface area contributed by atoms with E-state index in [0.29, 0.717) is 0 Å². The van der Waals surface area contributed by atoms with E-state index in [9.17, 15) is 0 Å². The Morgan fingerprint density at radius 3 is 2.71 bits per heavy atom. The van der Waals surface area contributed by atoms with Gasteiger partial charge in [-0.25, -0.2) is 0 Å². The topological polar surface area (TPSA) is 36.3 Å². The lowest BCUT2D eigenvalue weighted by Gasteiger charge is -2.12. The van der Waals surface area contributed by atoms with Crippen LogP contribution in [0.1, 0.15) is 12.5 Å². The number of nitriles is 1. The molecule has 0 aliphatic rings. The Morgan fingerprint density at radius 2 is 2.21 bits per heavy atom. The lowest BCUT2D eigenvalue weighted by molar-refractivity contribution is 0.410. The highest BCUT2D eigenvalue weighted by molar-refractivity contribution is 5.55. The number of hydrogen-bond donors (Lipinski definition) is 0. The van der Waals surface area contributed by atoms with Gasteiger partial charge in [-0.3, -0.25) is 4.90 Å². The zero-order chi connectivity index (χ0) is 10.6. The molecule has 3 heteroatoms. The van der Waals surface area contributed by atoms with E-state index in [1.165, 1.54) is 4.90 Å². The number of methoxy groups -OCH3 is 1. The summed E-state index contributed by atoms with van der Waals surface area (Å²) >= 11 is 0. The molecule has 0 atom stereocenters. The molecule has 0 aromatic heterocycles. The molecule has 0 saturated heterocycles. The van der Waals surface area contributed by atoms with Crippen LogP contribution in [-0.4, -0.2) is 14.2 Å². The molecule has 1 rings (SSSR count). The molecular weight excluding hydrogens is 176 g/mol. The molecule has 74 valence electrons. The summed E-state index contributed by atoms with van der Waals surface area (Å²) in [6.07, 6.45) is 2.96. The van der Waals surface area contributed by atoms with Crippen molar-refractivity contribution in [1.29, 1.82) is 5.26 Å². The van der Waals surface area contributed by atoms with Crippen molar-refractivity contribution in [2.24, 2.45) is 0 Å². The highest BCUT2D eigenvalue weighted by Crippen LogP contribution is 2.24. The molecule has 0 heterocycles. The van der Waals surface area contributed by atoms with Gasteiger partial charge in [0.05, 0.1) is 12.8 Å². The summed E-state index contributed by atoms with van der Waals surface area (Å²) in [5.41, 5.74) is 2.01. The number of anilines is 1. The fourth-order valence-electron chi connectivity index (χ4n) is 1.31. The molecule has 1 aromatic carbocycles. The summed E-state index contributed by atoms with van der Waals surface area (Å²) in [6.45, 7) is 2.06. The summed E-state index contributed by atoms with van der Waals surface area (Å²) in [5.74, 6) is 0.877. The average molecular weight is 190 g/mol. The van der Waals surface area contributed by atoms with Gasteiger partial charge in [0, 0.05) is 7.05 Å². The predicted molar refractivity (Wildman–Crippen MR) is 56.4 cm³/mol. The molecule has 0 bridgehead atoms. The normalized spacial score (nSPS) is 9.29. The fourth-order valence-corrected chi connectivity index (χ4v) is 1.31. The van der Waals surface area contributed by atoms with E-state index in [4.69, 9.17) is 10.00 Å². The Morgan fingerprint density at radius 1 is 1.50 bits per heavy atom. The van der Waals surface area contributed by atoms with Gasteiger partial charge in [-0.15, -0.1) is 0 Å². The van der Waals surface area contributed by atoms with Crippen LogP contribution in [0.2, 0.25) is 0 Å². The maximum absolute atomic E-state index is 8.72. The number of hydrogen-bond acceptors (Lipinski definition) is 3. The number of rotatable bonds is 3. The van der Waals surface area contributed by atoms with Gasteiger partial charge in [0.2, 0.25) is 0 Å². The van der Waals surface area contributed by atoms with Gasteiger partial charge in [0.15, 0.2) is 6.19 Å². The van der Waals surface area contributed by atoms with Crippen molar-refractivity contribution < 1.29 is 4.74 Å². The quantitative estimate of drug-likeness (QED) is 0.541. The summed E-state index contributed by atoms with van der Waals surface area (Å²) < 4.78 is 5.20. The first-order chi connectivity index (χ1) is 6.72. The van der Waals surface area contributed by atoms with E-state index in [2.05, 4.69) is 13.1 Å². The van der Waals surface area contributed by atoms with Crippen LogP contribution in [0.4, 0.5) is 5.69 Å². The molecule has 0 fully saturated rings. The average Bonchev–Trinajstić information content (AvgIpc) is 2.26. The zero-order valence-corrected chi connectivity index (χ0v) is 8.74. The minimum Gasteiger partial charge on any atom is -0.496 e. The molecule has 3 nitrogen and oxygen atoms in total. The van der Waals surface area contributed by atoms with Crippen LogP contribution in [0.3, 0.4) is 0 Å². The molecule has 14 heavy (non-hydrogen) atoms. The van der Waals surface area contributed by atoms with E-state index in [-0.39, 0.29) is 0 Å². The van der Waals surface area contributed by atoms with Crippen LogP contribution in [0, 0.1) is 11.5 Å². The first-order valence-electron chi connectivity index (χ1n) is 4.53. The molecule has 0 aliphatic heterocycles. The minimum atomic E-state index is 0.877. The van der Waals surface area contributed by atoms with E-state index in [1.807, 2.05) is 18.2 Å². The van der Waals surface area contributed by atoms with Crippen LogP contribution >= 0.6 is 0 Å². The van der Waals surface area contributed by atoms with Crippen molar-refractivity contribution in [2.75, 3.05) is 19.1 Å². The maximum Gasteiger partial charge on any atom is 0.183 e. The standard InChI is InChI=1S/C11H14N2O/c1-4-9-7-10(13(2)8-12)5-6-11(9)14-3/h5-7H,4H2,1-3H3. The Kier molecular flexibility index (Phi) is 3.35. The van der Waals surface area contributed by atoms with E-state index in [0.717, 1.165) is 23.4 Å². The van der Waals surface area contributed by atoms with Crippen molar-refractivity contribution in [3.05, 3.63) is 23.8 Å². The Bertz CT molecular complexity index is 355. The number of nitrogens with zero attached hydrogens (tertiary/aromatic N) is 2. The lowest BCUT2D eigenvalue weighted by Crippen LogP contribution is -2.08. The second-order valence-electron chi connectivity index (χ2n) is 3.01. The van der Waals surface area contributed by atoms with Gasteiger partial charge >= 0.3 is 0 Å². The highest BCUT2D eigenvalue weighted by atomic mass is 16.5. The summed E-state index contributed by atoms with van der Waals surface area (Å²) in [6, 6.07) is 5.74. The molecule has 0 amide bonds. The molecule has 0 saturated carbocycles. The third-order valence-electron chi connectivity index (χ3n) is 2.18. The Labute approximate surface area is 84.5 Å². The van der Waals surface area contributed by atoms with E-state index < -0.39 is 0 Å². The predicted octanol–water partition coefficient (Wildman–Crippen LogP) is 2.17. The van der Waals surface area contributed by atoms with Gasteiger partial charge < -0.3 is 4.74 Å². The zero-order valence-electron chi connectivity index (χ0n) is 8.74. The Balaban J connectivity index is 3.08. The summed E-state index contributed by atoms with van der Waals surface area (Å²) in [4.78, 5) is 1.53. The smallest absolute Gasteiger partial charge is 0.183 e. The van der Waals surface area contributed by atoms with Crippen molar-refractivity contribution in [3.8, 4) is 11.9 Å². The van der Waals surface area contributed by atoms with Crippen LogP contribution in [0.15, 0.2) is 18.2 Å². The number of ether oxygens (including phenoxy) is 1. The van der Waals surface area contributed by atoms with Crippen LogP contribution in [0.5, 0.6) is 5.75 Å². The lowest BCUT2D eigenvalue weighted by atomic mass is 10.1. The van der Waals surface area contributed by atoms with E-state index >= 15 is 0 Å². The maximum atomic E-state index is 8.72. The van der Waals surface area contributed by atoms with Gasteiger partial charge in [0.25, 0.3) is 0 Å². The third-order valence-corrected chi connectivity index (χ3v) is 2.18. The minimum absolute atomic E-state index is 0.877. The summed E-state index contributed by atoms with van der Waals surface area (Å²) in [7, 11) is 3.39. The molecule has 0 unspecified atom stereocenters.